The Morgan fingerprint density at radius 3 is 2.07 bits per heavy atom. The molecule has 14 nitrogen and oxygen atoms in total. The molecule has 0 atom stereocenters. The van der Waals surface area contributed by atoms with Crippen molar-refractivity contribution in [2.45, 2.75) is 37.8 Å². The Morgan fingerprint density at radius 1 is 0.771 bits per heavy atom. The average molecular weight is 1020 g/mol. The Bertz CT molecular complexity index is 3390. The second kappa shape index (κ2) is 21.4. The molecule has 19 heteroatoms. The molecule has 0 amide bonds. The highest BCUT2D eigenvalue weighted by Gasteiger charge is 2.29. The maximum absolute atomic E-state index is 13.8. The van der Waals surface area contributed by atoms with Crippen molar-refractivity contribution in [1.82, 2.24) is 24.2 Å². The number of oxazole rings is 2. The normalized spacial score (nSPS) is 13.3. The summed E-state index contributed by atoms with van der Waals surface area (Å²) in [6.07, 6.45) is 1.49. The van der Waals surface area contributed by atoms with Gasteiger partial charge in [0.15, 0.2) is 11.2 Å². The Balaban J connectivity index is 0.000000146. The van der Waals surface area contributed by atoms with E-state index in [-0.39, 0.29) is 23.1 Å². The van der Waals surface area contributed by atoms with Crippen molar-refractivity contribution in [3.63, 3.8) is 0 Å². The van der Waals surface area contributed by atoms with Crippen LogP contribution in [0.4, 0.5) is 26.5 Å². The molecule has 0 unspecified atom stereocenters. The van der Waals surface area contributed by atoms with Crippen molar-refractivity contribution >= 4 is 95.8 Å². The van der Waals surface area contributed by atoms with E-state index in [0.29, 0.717) is 61.8 Å². The Hall–Kier alpha value is -6.21. The lowest BCUT2D eigenvalue weighted by atomic mass is 10.0. The molecule has 0 saturated carbocycles. The van der Waals surface area contributed by atoms with Gasteiger partial charge in [-0.05, 0) is 97.4 Å². The molecule has 6 heterocycles. The SMILES string of the molecule is COCCN(C)c1nc2cc(Cl)ccc2o1.COCCN(C)c1nc2cc(N3CCc4[nH]c5cc(F)ccc5c4C3)ccc2o1.Cc1ccc(S(=O)(=O)n2c3c(c4ccc(F)cc42)CNCC3)cc1.Cl. The van der Waals surface area contributed by atoms with E-state index in [1.54, 1.807) is 62.8 Å². The van der Waals surface area contributed by atoms with Gasteiger partial charge in [0.2, 0.25) is 0 Å². The fraction of sp³-hybridized carbons (Fsp3) is 0.294. The number of H-pyrrole nitrogens is 1. The van der Waals surface area contributed by atoms with E-state index in [0.717, 1.165) is 87.1 Å². The third-order valence-electron chi connectivity index (χ3n) is 12.4. The highest BCUT2D eigenvalue weighted by molar-refractivity contribution is 7.90. The van der Waals surface area contributed by atoms with Crippen molar-refractivity contribution < 1.29 is 35.5 Å². The second-order valence-corrected chi connectivity index (χ2v) is 19.3. The number of nitrogens with zero attached hydrogens (tertiary/aromatic N) is 6. The van der Waals surface area contributed by atoms with E-state index in [1.807, 2.05) is 49.0 Å². The van der Waals surface area contributed by atoms with Gasteiger partial charge < -0.3 is 43.3 Å². The minimum atomic E-state index is -3.78. The summed E-state index contributed by atoms with van der Waals surface area (Å²) in [6, 6.07) is 28.7. The fourth-order valence-corrected chi connectivity index (χ4v) is 10.4. The number of aromatic nitrogens is 4. The van der Waals surface area contributed by atoms with Crippen LogP contribution in [0.5, 0.6) is 0 Å². The maximum atomic E-state index is 13.8. The number of anilines is 3. The molecule has 70 heavy (non-hydrogen) atoms. The predicted octanol–water partition coefficient (Wildman–Crippen LogP) is 10.1. The average Bonchev–Trinajstić information content (AvgIpc) is 4.14. The predicted molar refractivity (Wildman–Crippen MR) is 275 cm³/mol. The van der Waals surface area contributed by atoms with Crippen LogP contribution in [0.1, 0.15) is 28.1 Å². The largest absolute Gasteiger partial charge is 0.423 e. The molecule has 11 rings (SSSR count). The molecule has 0 saturated heterocycles. The van der Waals surface area contributed by atoms with Crippen LogP contribution < -0.4 is 20.0 Å². The Labute approximate surface area is 415 Å². The number of rotatable bonds is 11. The van der Waals surface area contributed by atoms with Gasteiger partial charge >= 0.3 is 0 Å². The number of hydrogen-bond donors (Lipinski definition) is 2. The molecule has 5 aromatic carbocycles. The standard InChI is InChI=1S/C22H23FN4O2.C18H17FN2O2S.C11H13ClN2O2.ClH/c1-26(9-10-28-2)22-25-20-12-15(4-6-21(20)29-22)27-8-7-18-17(13-27)16-5-3-14(23)11-19(16)24-18;1-12-2-5-14(6-3-12)24(22,23)21-17-8-9-20-11-16(17)15-7-4-13(19)10-18(15)21;1-14(5-6-15-2)11-13-9-7-8(12)3-4-10(9)16-11;/h3-6,11-12,24H,7-10,13H2,1-2H3;2-7,10,20H,8-9,11H2,1H3;3-4,7H,5-6H2,1-2H3;1H. The highest BCUT2D eigenvalue weighted by Crippen LogP contribution is 2.35. The summed E-state index contributed by atoms with van der Waals surface area (Å²) in [5.41, 5.74) is 10.6. The van der Waals surface area contributed by atoms with Gasteiger partial charge in [0.1, 0.15) is 22.7 Å². The van der Waals surface area contributed by atoms with Gasteiger partial charge in [-0.3, -0.25) is 0 Å². The molecule has 368 valence electrons. The number of aromatic amines is 1. The van der Waals surface area contributed by atoms with Crippen molar-refractivity contribution in [3.05, 3.63) is 142 Å². The summed E-state index contributed by atoms with van der Waals surface area (Å²) in [5, 5.41) is 5.80. The first-order valence-electron chi connectivity index (χ1n) is 22.6. The molecule has 0 aliphatic carbocycles. The molecular formula is C51H54Cl2F2N8O6S. The van der Waals surface area contributed by atoms with Crippen molar-refractivity contribution in [3.8, 4) is 0 Å². The van der Waals surface area contributed by atoms with Crippen LogP contribution in [0.25, 0.3) is 44.0 Å². The number of hydrogen-bond acceptors (Lipinski definition) is 12. The zero-order valence-corrected chi connectivity index (χ0v) is 41.8. The van der Waals surface area contributed by atoms with Crippen LogP contribution in [0, 0.1) is 18.6 Å². The van der Waals surface area contributed by atoms with Gasteiger partial charge in [-0.25, -0.2) is 21.2 Å². The van der Waals surface area contributed by atoms with Crippen LogP contribution in [0.3, 0.4) is 0 Å². The van der Waals surface area contributed by atoms with E-state index in [9.17, 15) is 17.2 Å². The molecule has 2 aliphatic rings. The molecule has 9 aromatic rings. The third kappa shape index (κ3) is 10.5. The van der Waals surface area contributed by atoms with Gasteiger partial charge in [0.05, 0.1) is 23.6 Å². The summed E-state index contributed by atoms with van der Waals surface area (Å²) in [4.78, 5) is 18.8. The lowest BCUT2D eigenvalue weighted by Gasteiger charge is -2.29. The molecule has 2 N–H and O–H groups in total. The molecule has 0 radical (unpaired) electrons. The lowest BCUT2D eigenvalue weighted by molar-refractivity contribution is 0.205. The zero-order chi connectivity index (χ0) is 48.4. The molecular weight excluding hydrogens is 962 g/mol. The van der Waals surface area contributed by atoms with E-state index in [2.05, 4.69) is 37.3 Å². The van der Waals surface area contributed by atoms with E-state index in [1.165, 1.54) is 33.4 Å². The Kier molecular flexibility index (Phi) is 15.4. The van der Waals surface area contributed by atoms with Gasteiger partial charge in [-0.15, -0.1) is 12.4 Å². The summed E-state index contributed by atoms with van der Waals surface area (Å²) < 4.78 is 76.7. The fourth-order valence-electron chi connectivity index (χ4n) is 8.69. The minimum absolute atomic E-state index is 0. The van der Waals surface area contributed by atoms with Gasteiger partial charge in [-0.2, -0.15) is 9.97 Å². The summed E-state index contributed by atoms with van der Waals surface area (Å²) in [7, 11) is 3.42. The molecule has 0 spiro atoms. The number of benzene rings is 5. The number of nitrogens with one attached hydrogen (secondary N) is 2. The van der Waals surface area contributed by atoms with E-state index >= 15 is 0 Å². The monoisotopic (exact) mass is 1010 g/mol. The quantitative estimate of drug-likeness (QED) is 0.127. The van der Waals surface area contributed by atoms with Crippen molar-refractivity contribution in [2.75, 3.05) is 82.4 Å². The molecule has 2 aliphatic heterocycles. The van der Waals surface area contributed by atoms with Crippen molar-refractivity contribution in [2.24, 2.45) is 0 Å². The number of fused-ring (bicyclic) bond motifs is 8. The van der Waals surface area contributed by atoms with Crippen LogP contribution in [0.2, 0.25) is 5.02 Å². The number of ether oxygens (including phenoxy) is 2. The zero-order valence-electron chi connectivity index (χ0n) is 39.4. The summed E-state index contributed by atoms with van der Waals surface area (Å²) in [5.74, 6) is -0.652. The maximum Gasteiger partial charge on any atom is 0.298 e. The van der Waals surface area contributed by atoms with E-state index < -0.39 is 15.8 Å². The van der Waals surface area contributed by atoms with Crippen LogP contribution in [-0.2, 0) is 45.4 Å². The number of aryl methyl sites for hydroxylation is 1. The van der Waals surface area contributed by atoms with Gasteiger partial charge in [0, 0.05) is 124 Å². The lowest BCUT2D eigenvalue weighted by Crippen LogP contribution is -2.29. The molecule has 0 fully saturated rings. The van der Waals surface area contributed by atoms with Gasteiger partial charge in [0.25, 0.3) is 22.1 Å². The Morgan fingerprint density at radius 2 is 1.40 bits per heavy atom. The highest BCUT2D eigenvalue weighted by atomic mass is 35.5. The van der Waals surface area contributed by atoms with Crippen LogP contribution in [-0.4, -0.2) is 95.0 Å². The third-order valence-corrected chi connectivity index (χ3v) is 14.4. The number of halogens is 4. The summed E-state index contributed by atoms with van der Waals surface area (Å²) >= 11 is 5.88. The first-order chi connectivity index (χ1) is 33.3. The first-order valence-corrected chi connectivity index (χ1v) is 24.4. The van der Waals surface area contributed by atoms with E-state index in [4.69, 9.17) is 29.9 Å². The number of methoxy groups -OCH3 is 2. The smallest absolute Gasteiger partial charge is 0.298 e. The molecule has 0 bridgehead atoms. The number of likely N-dealkylation sites (N-methyl/N-ethyl adjacent to an activating group) is 2. The van der Waals surface area contributed by atoms with Crippen LogP contribution in [0.15, 0.2) is 111 Å². The van der Waals surface area contributed by atoms with Crippen LogP contribution >= 0.6 is 24.0 Å². The molecule has 4 aromatic heterocycles. The minimum Gasteiger partial charge on any atom is -0.423 e. The van der Waals surface area contributed by atoms with Crippen molar-refractivity contribution in [1.29, 1.82) is 0 Å². The first kappa shape index (κ1) is 50.2. The topological polar surface area (TPSA) is 147 Å². The van der Waals surface area contributed by atoms with Gasteiger partial charge in [-0.1, -0.05) is 29.3 Å². The second-order valence-electron chi connectivity index (χ2n) is 17.1. The summed E-state index contributed by atoms with van der Waals surface area (Å²) in [6.45, 7) is 7.58.